The standard InChI is InChI=1S/C9H10ClN3O/c10-8-3-5(9(11)14)6(4-13-8)7-1-2-12-7/h3-4,7,12H,1-2H2,(H2,11,14). The SMILES string of the molecule is NC(=O)c1cc(Cl)ncc1C1CCN1. The lowest BCUT2D eigenvalue weighted by atomic mass is 9.95. The van der Waals surface area contributed by atoms with E-state index in [2.05, 4.69) is 10.3 Å². The van der Waals surface area contributed by atoms with Gasteiger partial charge in [-0.1, -0.05) is 11.6 Å². The van der Waals surface area contributed by atoms with Gasteiger partial charge in [-0.3, -0.25) is 4.79 Å². The summed E-state index contributed by atoms with van der Waals surface area (Å²) in [5.41, 5.74) is 6.55. The summed E-state index contributed by atoms with van der Waals surface area (Å²) >= 11 is 5.69. The van der Waals surface area contributed by atoms with E-state index in [1.54, 1.807) is 6.20 Å². The van der Waals surface area contributed by atoms with Gasteiger partial charge >= 0.3 is 0 Å². The Morgan fingerprint density at radius 2 is 2.43 bits per heavy atom. The Balaban J connectivity index is 2.41. The van der Waals surface area contributed by atoms with Crippen LogP contribution in [0.3, 0.4) is 0 Å². The zero-order chi connectivity index (χ0) is 10.1. The van der Waals surface area contributed by atoms with Crippen LogP contribution in [0, 0.1) is 0 Å². The molecular weight excluding hydrogens is 202 g/mol. The van der Waals surface area contributed by atoms with Gasteiger partial charge < -0.3 is 11.1 Å². The van der Waals surface area contributed by atoms with E-state index in [1.165, 1.54) is 6.07 Å². The third kappa shape index (κ3) is 1.58. The summed E-state index contributed by atoms with van der Waals surface area (Å²) in [4.78, 5) is 15.1. The lowest BCUT2D eigenvalue weighted by Crippen LogP contribution is -2.36. The van der Waals surface area contributed by atoms with Crippen LogP contribution >= 0.6 is 11.6 Å². The number of primary amides is 1. The summed E-state index contributed by atoms with van der Waals surface area (Å²) in [6.45, 7) is 0.964. The smallest absolute Gasteiger partial charge is 0.249 e. The summed E-state index contributed by atoms with van der Waals surface area (Å²) < 4.78 is 0. The number of hydrogen-bond donors (Lipinski definition) is 2. The zero-order valence-corrected chi connectivity index (χ0v) is 8.21. The normalized spacial score (nSPS) is 20.2. The molecule has 0 aromatic carbocycles. The highest BCUT2D eigenvalue weighted by Gasteiger charge is 2.23. The molecule has 1 aromatic rings. The van der Waals surface area contributed by atoms with Crippen molar-refractivity contribution >= 4 is 17.5 Å². The van der Waals surface area contributed by atoms with Crippen molar-refractivity contribution in [3.63, 3.8) is 0 Å². The van der Waals surface area contributed by atoms with Crippen LogP contribution in [-0.4, -0.2) is 17.4 Å². The van der Waals surface area contributed by atoms with Gasteiger partial charge in [0.05, 0.1) is 0 Å². The van der Waals surface area contributed by atoms with Gasteiger partial charge in [0.1, 0.15) is 5.15 Å². The van der Waals surface area contributed by atoms with E-state index < -0.39 is 5.91 Å². The van der Waals surface area contributed by atoms with Gasteiger partial charge in [0.2, 0.25) is 5.91 Å². The largest absolute Gasteiger partial charge is 0.366 e. The third-order valence-electron chi connectivity index (χ3n) is 2.37. The highest BCUT2D eigenvalue weighted by Crippen LogP contribution is 2.26. The number of carbonyl (C=O) groups is 1. The second-order valence-corrected chi connectivity index (χ2v) is 3.64. The monoisotopic (exact) mass is 211 g/mol. The molecule has 3 N–H and O–H groups in total. The number of rotatable bonds is 2. The van der Waals surface area contributed by atoms with Gasteiger partial charge in [-0.25, -0.2) is 4.98 Å². The molecule has 2 rings (SSSR count). The number of aromatic nitrogens is 1. The maximum Gasteiger partial charge on any atom is 0.249 e. The Labute approximate surface area is 86.5 Å². The Hall–Kier alpha value is -1.13. The minimum Gasteiger partial charge on any atom is -0.366 e. The Bertz CT molecular complexity index is 376. The van der Waals surface area contributed by atoms with Crippen LogP contribution in [0.2, 0.25) is 5.15 Å². The maximum absolute atomic E-state index is 11.1. The number of hydrogen-bond acceptors (Lipinski definition) is 3. The topological polar surface area (TPSA) is 68.0 Å². The van der Waals surface area contributed by atoms with E-state index in [-0.39, 0.29) is 6.04 Å². The van der Waals surface area contributed by atoms with E-state index in [4.69, 9.17) is 17.3 Å². The molecular formula is C9H10ClN3O. The highest BCUT2D eigenvalue weighted by molar-refractivity contribution is 6.29. The molecule has 1 aromatic heterocycles. The molecule has 1 aliphatic heterocycles. The fraction of sp³-hybridized carbons (Fsp3) is 0.333. The van der Waals surface area contributed by atoms with Gasteiger partial charge in [-0.05, 0) is 19.0 Å². The predicted molar refractivity (Wildman–Crippen MR) is 53.1 cm³/mol. The van der Waals surface area contributed by atoms with E-state index in [9.17, 15) is 4.79 Å². The molecule has 74 valence electrons. The average Bonchev–Trinajstić information content (AvgIpc) is 2.04. The lowest BCUT2D eigenvalue weighted by molar-refractivity contribution is 0.0998. The van der Waals surface area contributed by atoms with Crippen LogP contribution in [-0.2, 0) is 0 Å². The minimum atomic E-state index is -0.460. The molecule has 0 saturated carbocycles. The van der Waals surface area contributed by atoms with Gasteiger partial charge in [0, 0.05) is 23.4 Å². The van der Waals surface area contributed by atoms with Crippen molar-refractivity contribution in [2.24, 2.45) is 5.73 Å². The molecule has 1 saturated heterocycles. The number of nitrogens with one attached hydrogen (secondary N) is 1. The molecule has 0 spiro atoms. The molecule has 1 amide bonds. The summed E-state index contributed by atoms with van der Waals surface area (Å²) in [5.74, 6) is -0.460. The van der Waals surface area contributed by atoms with Crippen LogP contribution < -0.4 is 11.1 Å². The van der Waals surface area contributed by atoms with Crippen LogP contribution in [0.15, 0.2) is 12.3 Å². The summed E-state index contributed by atoms with van der Waals surface area (Å²) in [6, 6.07) is 1.71. The molecule has 0 aliphatic carbocycles. The van der Waals surface area contributed by atoms with Crippen LogP contribution in [0.25, 0.3) is 0 Å². The van der Waals surface area contributed by atoms with E-state index >= 15 is 0 Å². The highest BCUT2D eigenvalue weighted by atomic mass is 35.5. The number of pyridine rings is 1. The van der Waals surface area contributed by atoms with Crippen molar-refractivity contribution in [2.45, 2.75) is 12.5 Å². The molecule has 2 heterocycles. The second kappa shape index (κ2) is 3.55. The first-order chi connectivity index (χ1) is 6.68. The Kier molecular flexibility index (Phi) is 2.39. The number of nitrogens with zero attached hydrogens (tertiary/aromatic N) is 1. The Morgan fingerprint density at radius 3 is 2.93 bits per heavy atom. The fourth-order valence-corrected chi connectivity index (χ4v) is 1.64. The molecule has 1 atom stereocenters. The number of carbonyl (C=O) groups excluding carboxylic acids is 1. The predicted octanol–water partition coefficient (Wildman–Crippen LogP) is 0.868. The van der Waals surface area contributed by atoms with Crippen molar-refractivity contribution in [2.75, 3.05) is 6.54 Å². The minimum absolute atomic E-state index is 0.197. The molecule has 1 fully saturated rings. The molecule has 0 bridgehead atoms. The number of halogens is 1. The van der Waals surface area contributed by atoms with Gasteiger partial charge in [-0.2, -0.15) is 0 Å². The third-order valence-corrected chi connectivity index (χ3v) is 2.57. The lowest BCUT2D eigenvalue weighted by Gasteiger charge is -2.28. The molecule has 14 heavy (non-hydrogen) atoms. The van der Waals surface area contributed by atoms with E-state index in [0.717, 1.165) is 18.5 Å². The Morgan fingerprint density at radius 1 is 1.71 bits per heavy atom. The first-order valence-corrected chi connectivity index (χ1v) is 4.75. The first-order valence-electron chi connectivity index (χ1n) is 4.37. The van der Waals surface area contributed by atoms with Crippen molar-refractivity contribution < 1.29 is 4.79 Å². The molecule has 0 radical (unpaired) electrons. The van der Waals surface area contributed by atoms with Crippen LogP contribution in [0.5, 0.6) is 0 Å². The molecule has 1 aliphatic rings. The van der Waals surface area contributed by atoms with Crippen LogP contribution in [0.4, 0.5) is 0 Å². The summed E-state index contributed by atoms with van der Waals surface area (Å²) in [5, 5.41) is 3.48. The van der Waals surface area contributed by atoms with Gasteiger partial charge in [0.15, 0.2) is 0 Å². The summed E-state index contributed by atoms with van der Waals surface area (Å²) in [6.07, 6.45) is 2.61. The second-order valence-electron chi connectivity index (χ2n) is 3.25. The van der Waals surface area contributed by atoms with Gasteiger partial charge in [-0.15, -0.1) is 0 Å². The zero-order valence-electron chi connectivity index (χ0n) is 7.46. The van der Waals surface area contributed by atoms with Crippen molar-refractivity contribution in [3.8, 4) is 0 Å². The van der Waals surface area contributed by atoms with Crippen molar-refractivity contribution in [3.05, 3.63) is 28.5 Å². The van der Waals surface area contributed by atoms with Crippen molar-refractivity contribution in [1.29, 1.82) is 0 Å². The van der Waals surface area contributed by atoms with E-state index in [0.29, 0.717) is 10.7 Å². The molecule has 4 nitrogen and oxygen atoms in total. The molecule has 1 unspecified atom stereocenters. The summed E-state index contributed by atoms with van der Waals surface area (Å²) in [7, 11) is 0. The fourth-order valence-electron chi connectivity index (χ4n) is 1.49. The quantitative estimate of drug-likeness (QED) is 0.714. The average molecular weight is 212 g/mol. The first kappa shape index (κ1) is 9.43. The maximum atomic E-state index is 11.1. The van der Waals surface area contributed by atoms with Crippen LogP contribution in [0.1, 0.15) is 28.4 Å². The molecule has 5 heteroatoms. The number of amides is 1. The van der Waals surface area contributed by atoms with E-state index in [1.807, 2.05) is 0 Å². The number of nitrogens with two attached hydrogens (primary N) is 1. The van der Waals surface area contributed by atoms with Gasteiger partial charge in [0.25, 0.3) is 0 Å². The van der Waals surface area contributed by atoms with Crippen molar-refractivity contribution in [1.82, 2.24) is 10.3 Å².